The van der Waals surface area contributed by atoms with E-state index in [4.69, 9.17) is 11.6 Å². The van der Waals surface area contributed by atoms with E-state index in [1.807, 2.05) is 24.3 Å². The van der Waals surface area contributed by atoms with Crippen molar-refractivity contribution in [3.8, 4) is 0 Å². The number of benzene rings is 1. The molecule has 150 valence electrons. The van der Waals surface area contributed by atoms with Crippen molar-refractivity contribution < 1.29 is 13.2 Å². The van der Waals surface area contributed by atoms with Crippen LogP contribution in [0.25, 0.3) is 0 Å². The van der Waals surface area contributed by atoms with Crippen LogP contribution in [0, 0.1) is 0 Å². The molecule has 0 amide bonds. The van der Waals surface area contributed by atoms with Gasteiger partial charge in [-0.15, -0.1) is 35.3 Å². The molecule has 0 aliphatic heterocycles. The SMILES string of the molecule is CN=C(NCCCc1ccccc1Cl)NCCc1nc(C(F)(F)F)cs1.I. The van der Waals surface area contributed by atoms with Gasteiger partial charge in [0.1, 0.15) is 0 Å². The highest BCUT2D eigenvalue weighted by atomic mass is 127. The minimum absolute atomic E-state index is 0. The Morgan fingerprint density at radius 1 is 1.19 bits per heavy atom. The Morgan fingerprint density at radius 3 is 2.52 bits per heavy atom. The van der Waals surface area contributed by atoms with E-state index in [-0.39, 0.29) is 24.0 Å². The van der Waals surface area contributed by atoms with Crippen molar-refractivity contribution >= 4 is 52.9 Å². The molecule has 0 aliphatic carbocycles. The first-order chi connectivity index (χ1) is 12.4. The summed E-state index contributed by atoms with van der Waals surface area (Å²) in [6.07, 6.45) is -2.25. The second kappa shape index (κ2) is 11.7. The van der Waals surface area contributed by atoms with Gasteiger partial charge in [0, 0.05) is 37.0 Å². The number of nitrogens with one attached hydrogen (secondary N) is 2. The van der Waals surface area contributed by atoms with Gasteiger partial charge in [-0.25, -0.2) is 4.98 Å². The van der Waals surface area contributed by atoms with E-state index < -0.39 is 11.9 Å². The third-order valence-electron chi connectivity index (χ3n) is 3.57. The van der Waals surface area contributed by atoms with Crippen LogP contribution in [0.5, 0.6) is 0 Å². The van der Waals surface area contributed by atoms with Crippen LogP contribution >= 0.6 is 46.9 Å². The number of guanidine groups is 1. The van der Waals surface area contributed by atoms with E-state index >= 15 is 0 Å². The number of aliphatic imine (C=N–C) groups is 1. The zero-order valence-electron chi connectivity index (χ0n) is 14.6. The van der Waals surface area contributed by atoms with Crippen LogP contribution in [0.3, 0.4) is 0 Å². The topological polar surface area (TPSA) is 49.3 Å². The lowest BCUT2D eigenvalue weighted by Gasteiger charge is -2.11. The number of alkyl halides is 3. The number of thiazole rings is 1. The molecule has 2 N–H and O–H groups in total. The minimum Gasteiger partial charge on any atom is -0.356 e. The van der Waals surface area contributed by atoms with Crippen molar-refractivity contribution in [3.05, 3.63) is 50.9 Å². The van der Waals surface area contributed by atoms with Crippen LogP contribution in [-0.4, -0.2) is 31.1 Å². The predicted octanol–water partition coefficient (Wildman–Crippen LogP) is 4.77. The highest BCUT2D eigenvalue weighted by Gasteiger charge is 2.33. The summed E-state index contributed by atoms with van der Waals surface area (Å²) in [5.74, 6) is 0.608. The molecule has 2 rings (SSSR count). The molecule has 2 aromatic rings. The van der Waals surface area contributed by atoms with Crippen molar-refractivity contribution in [3.63, 3.8) is 0 Å². The Kier molecular flexibility index (Phi) is 10.4. The van der Waals surface area contributed by atoms with Gasteiger partial charge in [0.15, 0.2) is 11.7 Å². The molecule has 0 saturated heterocycles. The normalized spacial score (nSPS) is 11.8. The van der Waals surface area contributed by atoms with Crippen molar-refractivity contribution in [1.29, 1.82) is 0 Å². The van der Waals surface area contributed by atoms with E-state index in [1.54, 1.807) is 7.05 Å². The zero-order chi connectivity index (χ0) is 19.0. The Labute approximate surface area is 182 Å². The molecule has 1 aromatic heterocycles. The van der Waals surface area contributed by atoms with E-state index in [0.717, 1.165) is 40.1 Å². The van der Waals surface area contributed by atoms with Crippen LogP contribution in [0.15, 0.2) is 34.6 Å². The molecule has 0 unspecified atom stereocenters. The Bertz CT molecular complexity index is 737. The van der Waals surface area contributed by atoms with Gasteiger partial charge >= 0.3 is 6.18 Å². The molecule has 1 aromatic carbocycles. The van der Waals surface area contributed by atoms with Crippen LogP contribution < -0.4 is 10.6 Å². The first-order valence-electron chi connectivity index (χ1n) is 8.09. The van der Waals surface area contributed by atoms with Crippen LogP contribution in [0.4, 0.5) is 13.2 Å². The van der Waals surface area contributed by atoms with E-state index in [1.165, 1.54) is 0 Å². The second-order valence-corrected chi connectivity index (χ2v) is 6.84. The minimum atomic E-state index is -4.39. The summed E-state index contributed by atoms with van der Waals surface area (Å²) < 4.78 is 37.6. The predicted molar refractivity (Wildman–Crippen MR) is 115 cm³/mol. The van der Waals surface area contributed by atoms with Gasteiger partial charge in [0.25, 0.3) is 0 Å². The molecule has 0 spiro atoms. The van der Waals surface area contributed by atoms with Gasteiger partial charge in [-0.2, -0.15) is 13.2 Å². The summed E-state index contributed by atoms with van der Waals surface area (Å²) in [5.41, 5.74) is 0.266. The molecule has 4 nitrogen and oxygen atoms in total. The highest BCUT2D eigenvalue weighted by Crippen LogP contribution is 2.29. The summed E-state index contributed by atoms with van der Waals surface area (Å²) in [7, 11) is 1.65. The van der Waals surface area contributed by atoms with Gasteiger partial charge in [-0.3, -0.25) is 4.99 Å². The number of aromatic nitrogens is 1. The van der Waals surface area contributed by atoms with Gasteiger partial charge in [-0.1, -0.05) is 29.8 Å². The fraction of sp³-hybridized carbons (Fsp3) is 0.412. The zero-order valence-corrected chi connectivity index (χ0v) is 18.5. The molecule has 27 heavy (non-hydrogen) atoms. The molecular formula is C17H21ClF3IN4S. The number of rotatable bonds is 7. The molecule has 0 atom stereocenters. The van der Waals surface area contributed by atoms with Crippen molar-refractivity contribution in [2.45, 2.75) is 25.4 Å². The summed E-state index contributed by atoms with van der Waals surface area (Å²) in [6.45, 7) is 1.16. The van der Waals surface area contributed by atoms with Crippen molar-refractivity contribution in [2.24, 2.45) is 4.99 Å². The second-order valence-electron chi connectivity index (χ2n) is 5.49. The van der Waals surface area contributed by atoms with Crippen LogP contribution in [0.1, 0.15) is 22.7 Å². The Morgan fingerprint density at radius 2 is 1.89 bits per heavy atom. The third kappa shape index (κ3) is 8.22. The van der Waals surface area contributed by atoms with Crippen molar-refractivity contribution in [2.75, 3.05) is 20.1 Å². The largest absolute Gasteiger partial charge is 0.434 e. The molecule has 0 aliphatic rings. The molecule has 0 fully saturated rings. The lowest BCUT2D eigenvalue weighted by atomic mass is 10.1. The fourth-order valence-electron chi connectivity index (χ4n) is 2.25. The van der Waals surface area contributed by atoms with E-state index in [9.17, 15) is 13.2 Å². The monoisotopic (exact) mass is 532 g/mol. The van der Waals surface area contributed by atoms with Crippen molar-refractivity contribution in [1.82, 2.24) is 15.6 Å². The molecular weight excluding hydrogens is 512 g/mol. The quantitative estimate of drug-likeness (QED) is 0.234. The average molecular weight is 533 g/mol. The van der Waals surface area contributed by atoms with Crippen LogP contribution in [-0.2, 0) is 19.0 Å². The summed E-state index contributed by atoms with van der Waals surface area (Å²) in [5, 5.41) is 8.49. The number of aryl methyl sites for hydroxylation is 1. The van der Waals surface area contributed by atoms with Crippen LogP contribution in [0.2, 0.25) is 5.02 Å². The lowest BCUT2D eigenvalue weighted by molar-refractivity contribution is -0.140. The maximum Gasteiger partial charge on any atom is 0.434 e. The maximum atomic E-state index is 12.5. The van der Waals surface area contributed by atoms with Gasteiger partial charge in [0.2, 0.25) is 0 Å². The smallest absolute Gasteiger partial charge is 0.356 e. The molecule has 10 heteroatoms. The first-order valence-corrected chi connectivity index (χ1v) is 9.35. The standard InChI is InChI=1S/C17H20ClF3N4S.HI/c1-22-16(23-9-4-6-12-5-2-3-7-13(12)18)24-10-8-15-25-14(11-26-15)17(19,20)21;/h2-3,5,7,11H,4,6,8-10H2,1H3,(H2,22,23,24);1H. The number of halogens is 5. The maximum absolute atomic E-state index is 12.5. The van der Waals surface area contributed by atoms with E-state index in [2.05, 4.69) is 20.6 Å². The molecule has 1 heterocycles. The molecule has 0 bridgehead atoms. The molecule has 0 radical (unpaired) electrons. The summed E-state index contributed by atoms with van der Waals surface area (Å²) in [6, 6.07) is 7.72. The Balaban J connectivity index is 0.00000364. The fourth-order valence-corrected chi connectivity index (χ4v) is 3.29. The lowest BCUT2D eigenvalue weighted by Crippen LogP contribution is -2.38. The highest BCUT2D eigenvalue weighted by molar-refractivity contribution is 14.0. The average Bonchev–Trinajstić information content (AvgIpc) is 3.07. The van der Waals surface area contributed by atoms with E-state index in [0.29, 0.717) is 30.5 Å². The summed E-state index contributed by atoms with van der Waals surface area (Å²) in [4.78, 5) is 7.70. The molecule has 0 saturated carbocycles. The van der Waals surface area contributed by atoms with Gasteiger partial charge < -0.3 is 10.6 Å². The van der Waals surface area contributed by atoms with Gasteiger partial charge in [-0.05, 0) is 24.5 Å². The number of hydrogen-bond donors (Lipinski definition) is 2. The number of nitrogens with zero attached hydrogens (tertiary/aromatic N) is 2. The van der Waals surface area contributed by atoms with Gasteiger partial charge in [0.05, 0.1) is 5.01 Å². The summed E-state index contributed by atoms with van der Waals surface area (Å²) >= 11 is 7.13. The Hall–Kier alpha value is -1.07. The first kappa shape index (κ1) is 24.0. The third-order valence-corrected chi connectivity index (χ3v) is 4.85. The number of hydrogen-bond acceptors (Lipinski definition) is 3.